The van der Waals surface area contributed by atoms with Gasteiger partial charge in [-0.25, -0.2) is 0 Å². The highest BCUT2D eigenvalue weighted by molar-refractivity contribution is 5.86. The molecule has 1 aliphatic carbocycles. The molecule has 0 aromatic carbocycles. The number of primary amides is 1. The quantitative estimate of drug-likeness (QED) is 0.758. The maximum atomic E-state index is 12.2. The minimum absolute atomic E-state index is 0.119. The van der Waals surface area contributed by atoms with Gasteiger partial charge in [-0.15, -0.1) is 0 Å². The maximum absolute atomic E-state index is 12.2. The predicted molar refractivity (Wildman–Crippen MR) is 75.8 cm³/mol. The van der Waals surface area contributed by atoms with E-state index >= 15 is 0 Å². The zero-order valence-electron chi connectivity index (χ0n) is 11.9. The van der Waals surface area contributed by atoms with Crippen LogP contribution in [0.25, 0.3) is 0 Å². The van der Waals surface area contributed by atoms with Gasteiger partial charge in [0, 0.05) is 18.6 Å². The topological polar surface area (TPSA) is 58.4 Å². The van der Waals surface area contributed by atoms with Crippen LogP contribution in [0.4, 0.5) is 0 Å². The van der Waals surface area contributed by atoms with Crippen LogP contribution in [0.1, 0.15) is 57.8 Å². The number of nitrogens with one attached hydrogen (secondary N) is 1. The summed E-state index contributed by atoms with van der Waals surface area (Å²) < 4.78 is 0. The van der Waals surface area contributed by atoms with Gasteiger partial charge in [0.05, 0.1) is 0 Å². The normalized spacial score (nSPS) is 37.2. The monoisotopic (exact) mass is 265 g/mol. The molecule has 0 aromatic rings. The Bertz CT molecular complexity index is 338. The second kappa shape index (κ2) is 5.41. The summed E-state index contributed by atoms with van der Waals surface area (Å²) in [4.78, 5) is 14.6. The summed E-state index contributed by atoms with van der Waals surface area (Å²) in [7, 11) is 0. The number of carbonyl (C=O) groups is 1. The summed E-state index contributed by atoms with van der Waals surface area (Å²) in [6.45, 7) is 2.18. The van der Waals surface area contributed by atoms with Crippen molar-refractivity contribution in [2.24, 2.45) is 5.73 Å². The lowest BCUT2D eigenvalue weighted by atomic mass is 9.86. The van der Waals surface area contributed by atoms with Crippen molar-refractivity contribution in [2.45, 2.75) is 75.4 Å². The van der Waals surface area contributed by atoms with Crippen LogP contribution in [-0.2, 0) is 4.79 Å². The van der Waals surface area contributed by atoms with E-state index in [1.807, 2.05) is 0 Å². The molecule has 1 saturated carbocycles. The number of amides is 1. The van der Waals surface area contributed by atoms with E-state index in [2.05, 4.69) is 10.2 Å². The Labute approximate surface area is 116 Å². The standard InChI is InChI=1S/C15H27N3O/c16-14(19)15(9-11-18-10-5-8-13(15)18)17-12-6-3-1-2-4-7-12/h12-13,17H,1-11H2,(H2,16,19). The summed E-state index contributed by atoms with van der Waals surface area (Å²) in [5.74, 6) is -0.119. The molecule has 1 amide bonds. The molecule has 2 saturated heterocycles. The van der Waals surface area contributed by atoms with Crippen molar-refractivity contribution >= 4 is 5.91 Å². The van der Waals surface area contributed by atoms with Gasteiger partial charge in [-0.1, -0.05) is 25.7 Å². The zero-order valence-corrected chi connectivity index (χ0v) is 11.9. The molecule has 4 nitrogen and oxygen atoms in total. The van der Waals surface area contributed by atoms with Gasteiger partial charge in [0.1, 0.15) is 5.54 Å². The van der Waals surface area contributed by atoms with Gasteiger partial charge >= 0.3 is 0 Å². The molecule has 3 rings (SSSR count). The molecule has 0 bridgehead atoms. The number of fused-ring (bicyclic) bond motifs is 1. The highest BCUT2D eigenvalue weighted by atomic mass is 16.1. The predicted octanol–water partition coefficient (Wildman–Crippen LogP) is 1.39. The molecule has 2 heterocycles. The lowest BCUT2D eigenvalue weighted by Gasteiger charge is -2.36. The molecule has 0 aromatic heterocycles. The third-order valence-corrected chi connectivity index (χ3v) is 5.48. The van der Waals surface area contributed by atoms with Crippen molar-refractivity contribution in [1.82, 2.24) is 10.2 Å². The molecule has 2 unspecified atom stereocenters. The first-order valence-corrected chi connectivity index (χ1v) is 8.04. The van der Waals surface area contributed by atoms with Crippen molar-refractivity contribution in [3.8, 4) is 0 Å². The van der Waals surface area contributed by atoms with Crippen LogP contribution in [-0.4, -0.2) is 41.5 Å². The van der Waals surface area contributed by atoms with E-state index in [0.717, 1.165) is 25.9 Å². The van der Waals surface area contributed by atoms with Crippen molar-refractivity contribution in [3.05, 3.63) is 0 Å². The van der Waals surface area contributed by atoms with Crippen molar-refractivity contribution < 1.29 is 4.79 Å². The smallest absolute Gasteiger partial charge is 0.239 e. The fraction of sp³-hybridized carbons (Fsp3) is 0.933. The zero-order chi connectivity index (χ0) is 13.3. The molecule has 0 radical (unpaired) electrons. The third kappa shape index (κ3) is 2.40. The summed E-state index contributed by atoms with van der Waals surface area (Å²) in [6.07, 6.45) is 10.9. The Balaban J connectivity index is 1.75. The van der Waals surface area contributed by atoms with E-state index in [1.165, 1.54) is 44.9 Å². The van der Waals surface area contributed by atoms with Gasteiger partial charge in [0.2, 0.25) is 5.91 Å². The Morgan fingerprint density at radius 3 is 2.47 bits per heavy atom. The summed E-state index contributed by atoms with van der Waals surface area (Å²) in [5.41, 5.74) is 5.38. The fourth-order valence-electron chi connectivity index (χ4n) is 4.45. The van der Waals surface area contributed by atoms with Gasteiger partial charge < -0.3 is 5.73 Å². The molecule has 2 atom stereocenters. The minimum Gasteiger partial charge on any atom is -0.368 e. The van der Waals surface area contributed by atoms with Gasteiger partial charge in [0.15, 0.2) is 0 Å². The third-order valence-electron chi connectivity index (χ3n) is 5.48. The van der Waals surface area contributed by atoms with E-state index in [1.54, 1.807) is 0 Å². The number of carbonyl (C=O) groups excluding carboxylic acids is 1. The van der Waals surface area contributed by atoms with E-state index in [9.17, 15) is 4.79 Å². The van der Waals surface area contributed by atoms with Gasteiger partial charge in [-0.3, -0.25) is 15.0 Å². The van der Waals surface area contributed by atoms with Crippen LogP contribution in [0.15, 0.2) is 0 Å². The summed E-state index contributed by atoms with van der Waals surface area (Å²) in [6, 6.07) is 0.851. The largest absolute Gasteiger partial charge is 0.368 e. The molecular formula is C15H27N3O. The number of nitrogens with zero attached hydrogens (tertiary/aromatic N) is 1. The van der Waals surface area contributed by atoms with Crippen LogP contribution in [0, 0.1) is 0 Å². The minimum atomic E-state index is -0.439. The summed E-state index contributed by atoms with van der Waals surface area (Å²) >= 11 is 0. The second-order valence-electron chi connectivity index (χ2n) is 6.61. The number of hydrogen-bond donors (Lipinski definition) is 2. The lowest BCUT2D eigenvalue weighted by molar-refractivity contribution is -0.125. The Morgan fingerprint density at radius 1 is 1.05 bits per heavy atom. The van der Waals surface area contributed by atoms with E-state index in [0.29, 0.717) is 12.1 Å². The number of rotatable bonds is 3. The average Bonchev–Trinajstić information content (AvgIpc) is 2.88. The molecule has 3 aliphatic rings. The van der Waals surface area contributed by atoms with Crippen molar-refractivity contribution in [2.75, 3.05) is 13.1 Å². The van der Waals surface area contributed by atoms with Crippen LogP contribution < -0.4 is 11.1 Å². The van der Waals surface area contributed by atoms with E-state index < -0.39 is 5.54 Å². The molecule has 4 heteroatoms. The Hall–Kier alpha value is -0.610. The molecule has 19 heavy (non-hydrogen) atoms. The second-order valence-corrected chi connectivity index (χ2v) is 6.61. The van der Waals surface area contributed by atoms with Crippen molar-refractivity contribution in [3.63, 3.8) is 0 Å². The first-order valence-electron chi connectivity index (χ1n) is 8.04. The number of nitrogens with two attached hydrogens (primary N) is 1. The molecule has 2 aliphatic heterocycles. The van der Waals surface area contributed by atoms with Gasteiger partial charge in [-0.2, -0.15) is 0 Å². The Morgan fingerprint density at radius 2 is 1.79 bits per heavy atom. The molecule has 3 N–H and O–H groups in total. The molecule has 3 fully saturated rings. The highest BCUT2D eigenvalue weighted by Crippen LogP contribution is 2.37. The van der Waals surface area contributed by atoms with Crippen molar-refractivity contribution in [1.29, 1.82) is 0 Å². The molecule has 0 spiro atoms. The average molecular weight is 265 g/mol. The van der Waals surface area contributed by atoms with Crippen LogP contribution >= 0.6 is 0 Å². The fourth-order valence-corrected chi connectivity index (χ4v) is 4.45. The first kappa shape index (κ1) is 13.4. The SMILES string of the molecule is NC(=O)C1(NC2CCCCCC2)CCN2CCCC21. The van der Waals surface area contributed by atoms with E-state index in [4.69, 9.17) is 5.73 Å². The van der Waals surface area contributed by atoms with Gasteiger partial charge in [-0.05, 0) is 38.6 Å². The van der Waals surface area contributed by atoms with Gasteiger partial charge in [0.25, 0.3) is 0 Å². The van der Waals surface area contributed by atoms with Crippen LogP contribution in [0.3, 0.4) is 0 Å². The highest BCUT2D eigenvalue weighted by Gasteiger charge is 2.53. The maximum Gasteiger partial charge on any atom is 0.239 e. The lowest BCUT2D eigenvalue weighted by Crippen LogP contribution is -2.63. The van der Waals surface area contributed by atoms with Crippen LogP contribution in [0.2, 0.25) is 0 Å². The Kier molecular flexibility index (Phi) is 3.81. The summed E-state index contributed by atoms with van der Waals surface area (Å²) in [5, 5.41) is 3.73. The molecule has 108 valence electrons. The first-order chi connectivity index (χ1) is 9.22. The molecular weight excluding hydrogens is 238 g/mol. The van der Waals surface area contributed by atoms with E-state index in [-0.39, 0.29) is 5.91 Å². The number of hydrogen-bond acceptors (Lipinski definition) is 3. The van der Waals surface area contributed by atoms with Crippen LogP contribution in [0.5, 0.6) is 0 Å².